The molecule has 2 aromatic heterocycles. The Hall–Kier alpha value is -4.21. The summed E-state index contributed by atoms with van der Waals surface area (Å²) in [6, 6.07) is 25.0. The first-order chi connectivity index (χ1) is 20.6. The van der Waals surface area contributed by atoms with E-state index in [4.69, 9.17) is 16.3 Å². The van der Waals surface area contributed by atoms with E-state index >= 15 is 0 Å². The van der Waals surface area contributed by atoms with Crippen molar-refractivity contribution in [1.82, 2.24) is 29.0 Å². The third kappa shape index (κ3) is 6.17. The van der Waals surface area contributed by atoms with Gasteiger partial charge in [-0.1, -0.05) is 54.1 Å². The van der Waals surface area contributed by atoms with Gasteiger partial charge in [-0.2, -0.15) is 0 Å². The number of halogens is 1. The molecule has 216 valence electrons. The summed E-state index contributed by atoms with van der Waals surface area (Å²) in [6.45, 7) is 4.85. The molecule has 0 radical (unpaired) electrons. The lowest BCUT2D eigenvalue weighted by molar-refractivity contribution is -0.133. The molecule has 0 unspecified atom stereocenters. The molecule has 0 spiro atoms. The zero-order valence-corrected chi connectivity index (χ0v) is 24.1. The zero-order chi connectivity index (χ0) is 28.9. The summed E-state index contributed by atoms with van der Waals surface area (Å²) in [7, 11) is 0. The maximum Gasteiger partial charge on any atom is 0.262 e. The number of benzene rings is 3. The third-order valence-electron chi connectivity index (χ3n) is 7.82. The lowest BCUT2D eigenvalue weighted by atomic mass is 10.1. The van der Waals surface area contributed by atoms with Crippen molar-refractivity contribution >= 4 is 34.2 Å². The maximum absolute atomic E-state index is 13.4. The fourth-order valence-electron chi connectivity index (χ4n) is 5.48. The number of fused-ring (bicyclic) bond motifs is 3. The van der Waals surface area contributed by atoms with Gasteiger partial charge in [-0.15, -0.1) is 10.2 Å². The Morgan fingerprint density at radius 2 is 1.57 bits per heavy atom. The average Bonchev–Trinajstić information content (AvgIpc) is 3.45. The van der Waals surface area contributed by atoms with Crippen LogP contribution < -0.4 is 10.3 Å². The first-order valence-corrected chi connectivity index (χ1v) is 14.7. The highest BCUT2D eigenvalue weighted by Crippen LogP contribution is 2.18. The summed E-state index contributed by atoms with van der Waals surface area (Å²) < 4.78 is 9.46. The first-order valence-electron chi connectivity index (χ1n) is 14.3. The molecular formula is C32H33ClN6O3. The summed E-state index contributed by atoms with van der Waals surface area (Å²) in [6.07, 6.45) is 1.47. The van der Waals surface area contributed by atoms with Gasteiger partial charge in [-0.3, -0.25) is 23.5 Å². The van der Waals surface area contributed by atoms with Crippen molar-refractivity contribution in [3.8, 4) is 5.75 Å². The van der Waals surface area contributed by atoms with Gasteiger partial charge in [0.05, 0.1) is 10.9 Å². The second kappa shape index (κ2) is 12.8. The number of carbonyl (C=O) groups is 1. The number of amides is 1. The van der Waals surface area contributed by atoms with Crippen LogP contribution in [0.1, 0.15) is 17.8 Å². The van der Waals surface area contributed by atoms with Crippen LogP contribution in [0.5, 0.6) is 5.75 Å². The Balaban J connectivity index is 1.09. The van der Waals surface area contributed by atoms with Crippen LogP contribution in [-0.4, -0.2) is 74.2 Å². The molecule has 0 atom stereocenters. The number of nitrogens with zero attached hydrogens (tertiary/aromatic N) is 6. The van der Waals surface area contributed by atoms with E-state index in [1.165, 1.54) is 0 Å². The topological polar surface area (TPSA) is 85.0 Å². The number of para-hydroxylation sites is 1. The van der Waals surface area contributed by atoms with Gasteiger partial charge >= 0.3 is 0 Å². The highest BCUT2D eigenvalue weighted by atomic mass is 35.5. The molecule has 0 bridgehead atoms. The van der Waals surface area contributed by atoms with E-state index in [2.05, 4.69) is 27.2 Å². The highest BCUT2D eigenvalue weighted by molar-refractivity contribution is 6.30. The molecule has 6 rings (SSSR count). The van der Waals surface area contributed by atoms with Gasteiger partial charge in [0.2, 0.25) is 11.7 Å². The fourth-order valence-corrected chi connectivity index (χ4v) is 5.61. The molecule has 3 aromatic carbocycles. The Morgan fingerprint density at radius 1 is 0.833 bits per heavy atom. The summed E-state index contributed by atoms with van der Waals surface area (Å²) in [4.78, 5) is 30.8. The van der Waals surface area contributed by atoms with Crippen LogP contribution in [0.15, 0.2) is 83.7 Å². The van der Waals surface area contributed by atoms with Crippen LogP contribution >= 0.6 is 11.6 Å². The molecule has 0 aliphatic carbocycles. The Bertz CT molecular complexity index is 1730. The number of hydrogen-bond acceptors (Lipinski definition) is 6. The molecule has 1 aliphatic heterocycles. The molecule has 9 nitrogen and oxygen atoms in total. The molecule has 5 aromatic rings. The number of piperazine rings is 1. The predicted molar refractivity (Wildman–Crippen MR) is 163 cm³/mol. The minimum atomic E-state index is -0.0829. The summed E-state index contributed by atoms with van der Waals surface area (Å²) in [5.74, 6) is 2.09. The average molecular weight is 585 g/mol. The van der Waals surface area contributed by atoms with Crippen LogP contribution in [0.3, 0.4) is 0 Å². The van der Waals surface area contributed by atoms with Gasteiger partial charge < -0.3 is 9.64 Å². The van der Waals surface area contributed by atoms with Gasteiger partial charge in [0.1, 0.15) is 18.2 Å². The van der Waals surface area contributed by atoms with E-state index in [0.717, 1.165) is 36.5 Å². The van der Waals surface area contributed by atoms with Gasteiger partial charge in [-0.05, 0) is 48.4 Å². The van der Waals surface area contributed by atoms with Crippen molar-refractivity contribution < 1.29 is 9.53 Å². The second-order valence-electron chi connectivity index (χ2n) is 10.5. The van der Waals surface area contributed by atoms with Crippen molar-refractivity contribution in [3.63, 3.8) is 0 Å². The summed E-state index contributed by atoms with van der Waals surface area (Å²) in [5.41, 5.74) is 1.83. The van der Waals surface area contributed by atoms with E-state index < -0.39 is 0 Å². The standard InChI is InChI=1S/C32H33ClN6O3/c33-25-10-12-26(13-11-25)42-23-22-36-18-20-37(21-19-36)30(40)15-14-29-34-35-32-38(17-16-24-6-2-1-3-7-24)31(41)27-8-4-5-9-28(27)39(29)32/h1-13H,14-23H2. The molecular weight excluding hydrogens is 552 g/mol. The molecule has 3 heterocycles. The number of carbonyl (C=O) groups excluding carboxylic acids is 1. The first kappa shape index (κ1) is 27.9. The lowest BCUT2D eigenvalue weighted by Gasteiger charge is -2.34. The number of hydrogen-bond donors (Lipinski definition) is 0. The highest BCUT2D eigenvalue weighted by Gasteiger charge is 2.22. The van der Waals surface area contributed by atoms with E-state index in [-0.39, 0.29) is 11.5 Å². The normalized spacial score (nSPS) is 14.1. The molecule has 42 heavy (non-hydrogen) atoms. The van der Waals surface area contributed by atoms with Crippen LogP contribution in [0.25, 0.3) is 16.7 Å². The van der Waals surface area contributed by atoms with Crippen LogP contribution in [-0.2, 0) is 24.2 Å². The van der Waals surface area contributed by atoms with Crippen molar-refractivity contribution in [1.29, 1.82) is 0 Å². The molecule has 0 N–H and O–H groups in total. The van der Waals surface area contributed by atoms with E-state index in [0.29, 0.717) is 67.5 Å². The Labute approximate surface area is 248 Å². The number of ether oxygens (including phenoxy) is 1. The summed E-state index contributed by atoms with van der Waals surface area (Å²) >= 11 is 5.93. The van der Waals surface area contributed by atoms with E-state index in [1.54, 1.807) is 4.57 Å². The molecule has 0 saturated carbocycles. The van der Waals surface area contributed by atoms with Gasteiger partial charge in [0, 0.05) is 57.1 Å². The lowest BCUT2D eigenvalue weighted by Crippen LogP contribution is -2.49. The molecule has 1 fully saturated rings. The van der Waals surface area contributed by atoms with E-state index in [9.17, 15) is 9.59 Å². The van der Waals surface area contributed by atoms with Crippen LogP contribution in [0.4, 0.5) is 0 Å². The Morgan fingerprint density at radius 3 is 2.36 bits per heavy atom. The minimum Gasteiger partial charge on any atom is -0.492 e. The molecule has 1 aliphatic rings. The third-order valence-corrected chi connectivity index (χ3v) is 8.07. The zero-order valence-electron chi connectivity index (χ0n) is 23.4. The van der Waals surface area contributed by atoms with Crippen LogP contribution in [0.2, 0.25) is 5.02 Å². The predicted octanol–water partition coefficient (Wildman–Crippen LogP) is 4.10. The van der Waals surface area contributed by atoms with Crippen molar-refractivity contribution in [3.05, 3.63) is 106 Å². The minimum absolute atomic E-state index is 0.0829. The van der Waals surface area contributed by atoms with Gasteiger partial charge in [0.15, 0.2) is 0 Å². The smallest absolute Gasteiger partial charge is 0.262 e. The van der Waals surface area contributed by atoms with Crippen molar-refractivity contribution in [2.75, 3.05) is 39.3 Å². The number of aryl methyl sites for hydroxylation is 3. The van der Waals surface area contributed by atoms with Crippen LogP contribution in [0, 0.1) is 0 Å². The Kier molecular flexibility index (Phi) is 8.48. The number of rotatable bonds is 10. The molecule has 1 saturated heterocycles. The fraction of sp³-hybridized carbons (Fsp3) is 0.312. The van der Waals surface area contributed by atoms with Gasteiger partial charge in [0.25, 0.3) is 5.56 Å². The van der Waals surface area contributed by atoms with E-state index in [1.807, 2.05) is 76.0 Å². The van der Waals surface area contributed by atoms with Crippen molar-refractivity contribution in [2.24, 2.45) is 0 Å². The van der Waals surface area contributed by atoms with Gasteiger partial charge in [-0.25, -0.2) is 0 Å². The number of aromatic nitrogens is 4. The monoisotopic (exact) mass is 584 g/mol. The molecule has 10 heteroatoms. The molecule has 1 amide bonds. The maximum atomic E-state index is 13.4. The SMILES string of the molecule is O=C(CCc1nnc2n(CCc3ccccc3)c(=O)c3ccccc3n12)N1CCN(CCOc2ccc(Cl)cc2)CC1. The summed E-state index contributed by atoms with van der Waals surface area (Å²) in [5, 5.41) is 10.2. The second-order valence-corrected chi connectivity index (χ2v) is 10.9. The van der Waals surface area contributed by atoms with Crippen molar-refractivity contribution in [2.45, 2.75) is 25.8 Å². The quantitative estimate of drug-likeness (QED) is 0.246. The largest absolute Gasteiger partial charge is 0.492 e.